The van der Waals surface area contributed by atoms with Crippen LogP contribution in [0.2, 0.25) is 5.15 Å². The number of methoxy groups -OCH3 is 1. The van der Waals surface area contributed by atoms with Crippen LogP contribution in [-0.2, 0) is 6.42 Å². The van der Waals surface area contributed by atoms with E-state index in [-0.39, 0.29) is 40.9 Å². The number of carbonyl (C=O) groups excluding carboxylic acids is 1. The molecule has 166 valence electrons. The number of ether oxygens (including phenoxy) is 1. The van der Waals surface area contributed by atoms with Crippen molar-refractivity contribution in [2.24, 2.45) is 0 Å². The van der Waals surface area contributed by atoms with Crippen molar-refractivity contribution >= 4 is 41.6 Å². The summed E-state index contributed by atoms with van der Waals surface area (Å²) < 4.78 is 5.17. The zero-order chi connectivity index (χ0) is 21.2. The van der Waals surface area contributed by atoms with E-state index < -0.39 is 5.91 Å². The Kier molecular flexibility index (Phi) is 11.2. The third-order valence-corrected chi connectivity index (χ3v) is 4.78. The average Bonchev–Trinajstić information content (AvgIpc) is 2.72. The molecule has 1 heterocycles. The smallest absolute Gasteiger partial charge is 0.273 e. The summed E-state index contributed by atoms with van der Waals surface area (Å²) in [5.74, 6) is 0.406. The van der Waals surface area contributed by atoms with Crippen molar-refractivity contribution in [2.75, 3.05) is 31.7 Å². The fourth-order valence-corrected chi connectivity index (χ4v) is 3.05. The quantitative estimate of drug-likeness (QED) is 0.382. The molecule has 8 nitrogen and oxygen atoms in total. The van der Waals surface area contributed by atoms with Crippen LogP contribution in [0, 0.1) is 0 Å². The molecule has 0 aliphatic rings. The van der Waals surface area contributed by atoms with Crippen LogP contribution in [0.5, 0.6) is 5.75 Å². The highest BCUT2D eigenvalue weighted by Crippen LogP contribution is 2.17. The van der Waals surface area contributed by atoms with Gasteiger partial charge in [-0.2, -0.15) is 0 Å². The monoisotopic (exact) mass is 456 g/mol. The maximum absolute atomic E-state index is 12.4. The molecule has 6 N–H and O–H groups in total. The number of nitrogens with two attached hydrogens (primary N) is 2. The number of rotatable bonds is 11. The molecule has 0 aliphatic heterocycles. The number of nitrogens with zero attached hydrogens (tertiary/aromatic N) is 2. The number of halogens is 2. The molecule has 1 aromatic carbocycles. The van der Waals surface area contributed by atoms with Gasteiger partial charge in [-0.3, -0.25) is 4.79 Å². The van der Waals surface area contributed by atoms with Crippen molar-refractivity contribution in [3.05, 3.63) is 40.7 Å². The lowest BCUT2D eigenvalue weighted by Crippen LogP contribution is -2.41. The van der Waals surface area contributed by atoms with Gasteiger partial charge in [-0.05, 0) is 43.5 Å². The number of hydrogen-bond donors (Lipinski definition) is 4. The van der Waals surface area contributed by atoms with Gasteiger partial charge in [0.25, 0.3) is 5.91 Å². The molecule has 0 aliphatic carbocycles. The van der Waals surface area contributed by atoms with E-state index in [1.54, 1.807) is 7.11 Å². The molecule has 0 bridgehead atoms. The lowest BCUT2D eigenvalue weighted by atomic mass is 10.1. The lowest BCUT2D eigenvalue weighted by molar-refractivity contribution is 0.0944. The largest absolute Gasteiger partial charge is 0.497 e. The van der Waals surface area contributed by atoms with Crippen molar-refractivity contribution in [1.29, 1.82) is 0 Å². The number of aryl methyl sites for hydroxylation is 1. The Bertz CT molecular complexity index is 805. The number of anilines is 2. The van der Waals surface area contributed by atoms with Crippen LogP contribution in [0.4, 0.5) is 11.6 Å². The van der Waals surface area contributed by atoms with E-state index in [0.717, 1.165) is 38.0 Å². The number of nitrogen functional groups attached to an aromatic ring is 2. The summed E-state index contributed by atoms with van der Waals surface area (Å²) in [7, 11) is 1.66. The van der Waals surface area contributed by atoms with Crippen molar-refractivity contribution in [2.45, 2.75) is 38.6 Å². The number of benzene rings is 1. The molecule has 0 saturated heterocycles. The van der Waals surface area contributed by atoms with E-state index in [2.05, 4.69) is 39.7 Å². The standard InChI is InChI=1S/C20H29ClN6O2.ClH/c1-3-5-14(24-11-4-6-13-7-9-15(29-2)10-8-13)12-25-20(28)16-18(22)27-19(23)17(21)26-16;/h7-10,14,24H,3-6,11-12H2,1-2H3,(H,25,28)(H4,22,23,27);1H/t14-;/m1./s1. The molecular weight excluding hydrogens is 427 g/mol. The molecule has 0 radical (unpaired) electrons. The van der Waals surface area contributed by atoms with Crippen LogP contribution >= 0.6 is 24.0 Å². The SMILES string of the molecule is CCC[C@H](CNC(=O)c1nc(Cl)c(N)nc1N)NCCCc1ccc(OC)cc1.Cl. The second kappa shape index (κ2) is 13.1. The number of carbonyl (C=O) groups is 1. The van der Waals surface area contributed by atoms with Crippen molar-refractivity contribution in [1.82, 2.24) is 20.6 Å². The molecule has 0 spiro atoms. The molecular formula is C20H30Cl2N6O2. The number of aromatic nitrogens is 2. The maximum atomic E-state index is 12.4. The summed E-state index contributed by atoms with van der Waals surface area (Å²) in [6.07, 6.45) is 3.90. The lowest BCUT2D eigenvalue weighted by Gasteiger charge is -2.19. The van der Waals surface area contributed by atoms with Gasteiger partial charge < -0.3 is 26.8 Å². The fraction of sp³-hybridized carbons (Fsp3) is 0.450. The van der Waals surface area contributed by atoms with Crippen molar-refractivity contribution in [3.8, 4) is 5.75 Å². The molecule has 2 rings (SSSR count). The molecule has 1 aromatic heterocycles. The summed E-state index contributed by atoms with van der Waals surface area (Å²) in [4.78, 5) is 20.1. The van der Waals surface area contributed by atoms with E-state index >= 15 is 0 Å². The van der Waals surface area contributed by atoms with Crippen molar-refractivity contribution < 1.29 is 9.53 Å². The van der Waals surface area contributed by atoms with Gasteiger partial charge in [-0.1, -0.05) is 37.1 Å². The highest BCUT2D eigenvalue weighted by Gasteiger charge is 2.17. The Hall–Kier alpha value is -2.29. The summed E-state index contributed by atoms with van der Waals surface area (Å²) in [6, 6.07) is 8.24. The fourth-order valence-electron chi connectivity index (χ4n) is 2.92. The van der Waals surface area contributed by atoms with E-state index in [1.807, 2.05) is 12.1 Å². The number of hydrogen-bond acceptors (Lipinski definition) is 7. The van der Waals surface area contributed by atoms with Gasteiger partial charge >= 0.3 is 0 Å². The Morgan fingerprint density at radius 3 is 2.53 bits per heavy atom. The van der Waals surface area contributed by atoms with E-state index in [9.17, 15) is 4.79 Å². The van der Waals surface area contributed by atoms with Crippen LogP contribution in [0.15, 0.2) is 24.3 Å². The van der Waals surface area contributed by atoms with Crippen LogP contribution in [0.3, 0.4) is 0 Å². The van der Waals surface area contributed by atoms with Gasteiger partial charge in [-0.25, -0.2) is 9.97 Å². The second-order valence-corrected chi connectivity index (χ2v) is 7.09. The van der Waals surface area contributed by atoms with Gasteiger partial charge in [0.15, 0.2) is 22.5 Å². The van der Waals surface area contributed by atoms with Crippen LogP contribution < -0.4 is 26.8 Å². The second-order valence-electron chi connectivity index (χ2n) is 6.73. The van der Waals surface area contributed by atoms with Gasteiger partial charge in [0.05, 0.1) is 7.11 Å². The minimum Gasteiger partial charge on any atom is -0.497 e. The molecule has 10 heteroatoms. The van der Waals surface area contributed by atoms with Crippen molar-refractivity contribution in [3.63, 3.8) is 0 Å². The van der Waals surface area contributed by atoms with Gasteiger partial charge in [-0.15, -0.1) is 12.4 Å². The van der Waals surface area contributed by atoms with E-state index in [4.69, 9.17) is 27.8 Å². The molecule has 0 saturated carbocycles. The topological polar surface area (TPSA) is 128 Å². The highest BCUT2D eigenvalue weighted by molar-refractivity contribution is 6.31. The zero-order valence-electron chi connectivity index (χ0n) is 17.3. The number of nitrogens with one attached hydrogen (secondary N) is 2. The van der Waals surface area contributed by atoms with E-state index in [1.165, 1.54) is 5.56 Å². The van der Waals surface area contributed by atoms with Crippen LogP contribution in [0.1, 0.15) is 42.2 Å². The Morgan fingerprint density at radius 2 is 1.90 bits per heavy atom. The minimum absolute atomic E-state index is 0. The zero-order valence-corrected chi connectivity index (χ0v) is 18.9. The Balaban J connectivity index is 0.00000450. The first-order chi connectivity index (χ1) is 13.9. The van der Waals surface area contributed by atoms with Gasteiger partial charge in [0.1, 0.15) is 5.75 Å². The van der Waals surface area contributed by atoms with E-state index in [0.29, 0.717) is 6.54 Å². The molecule has 30 heavy (non-hydrogen) atoms. The Labute approximate surface area is 188 Å². The van der Waals surface area contributed by atoms with Crippen LogP contribution in [0.25, 0.3) is 0 Å². The normalized spacial score (nSPS) is 11.4. The highest BCUT2D eigenvalue weighted by atomic mass is 35.5. The van der Waals surface area contributed by atoms with Gasteiger partial charge in [0, 0.05) is 12.6 Å². The first kappa shape index (κ1) is 25.7. The van der Waals surface area contributed by atoms with Gasteiger partial charge in [0.2, 0.25) is 0 Å². The minimum atomic E-state index is -0.418. The molecule has 1 atom stereocenters. The first-order valence-corrected chi connectivity index (χ1v) is 10.0. The first-order valence-electron chi connectivity index (χ1n) is 9.67. The Morgan fingerprint density at radius 1 is 1.20 bits per heavy atom. The molecule has 2 aromatic rings. The predicted molar refractivity (Wildman–Crippen MR) is 123 cm³/mol. The summed E-state index contributed by atoms with van der Waals surface area (Å²) in [5, 5.41) is 6.31. The summed E-state index contributed by atoms with van der Waals surface area (Å²) >= 11 is 5.84. The van der Waals surface area contributed by atoms with Crippen LogP contribution in [-0.4, -0.2) is 42.1 Å². The molecule has 0 fully saturated rings. The number of amides is 1. The third kappa shape index (κ3) is 7.85. The summed E-state index contributed by atoms with van der Waals surface area (Å²) in [5.41, 5.74) is 12.5. The predicted octanol–water partition coefficient (Wildman–Crippen LogP) is 2.85. The maximum Gasteiger partial charge on any atom is 0.273 e. The molecule has 0 unspecified atom stereocenters. The summed E-state index contributed by atoms with van der Waals surface area (Å²) in [6.45, 7) is 3.41. The average molecular weight is 457 g/mol. The third-order valence-electron chi connectivity index (χ3n) is 4.50. The molecule has 1 amide bonds.